The number of piperazine rings is 1. The molecule has 0 bridgehead atoms. The molecule has 0 spiro atoms. The molecule has 0 radical (unpaired) electrons. The third-order valence-electron chi connectivity index (χ3n) is 5.54. The van der Waals surface area contributed by atoms with E-state index in [0.29, 0.717) is 0 Å². The summed E-state index contributed by atoms with van der Waals surface area (Å²) in [6.45, 7) is 10.6. The molecule has 0 unspecified atom stereocenters. The zero-order valence-electron chi connectivity index (χ0n) is 16.6. The first kappa shape index (κ1) is 20.4. The lowest BCUT2D eigenvalue weighted by Gasteiger charge is -2.36. The maximum atomic E-state index is 4.29. The van der Waals surface area contributed by atoms with Gasteiger partial charge in [0.2, 0.25) is 0 Å². The molecule has 1 fully saturated rings. The summed E-state index contributed by atoms with van der Waals surface area (Å²) in [5, 5.41) is 8.40. The van der Waals surface area contributed by atoms with Crippen LogP contribution in [0.15, 0.2) is 54.7 Å². The Morgan fingerprint density at radius 2 is 1.61 bits per heavy atom. The SMILES string of the molecule is Cc1ccc(N2CCN(CCn3nncc3-c3ccccc3)CC2)cc1C.Cl. The summed E-state index contributed by atoms with van der Waals surface area (Å²) in [7, 11) is 0. The van der Waals surface area contributed by atoms with Crippen molar-refractivity contribution < 1.29 is 0 Å². The smallest absolute Gasteiger partial charge is 0.0886 e. The molecule has 2 aromatic carbocycles. The summed E-state index contributed by atoms with van der Waals surface area (Å²) in [6.07, 6.45) is 1.85. The minimum atomic E-state index is 0. The lowest BCUT2D eigenvalue weighted by Crippen LogP contribution is -2.47. The van der Waals surface area contributed by atoms with Gasteiger partial charge in [0.05, 0.1) is 18.4 Å². The van der Waals surface area contributed by atoms with Crippen LogP contribution >= 0.6 is 12.4 Å². The van der Waals surface area contributed by atoms with Crippen LogP contribution < -0.4 is 4.90 Å². The predicted molar refractivity (Wildman–Crippen MR) is 117 cm³/mol. The summed E-state index contributed by atoms with van der Waals surface area (Å²) in [5.74, 6) is 0. The van der Waals surface area contributed by atoms with Gasteiger partial charge >= 0.3 is 0 Å². The van der Waals surface area contributed by atoms with E-state index in [1.54, 1.807) is 0 Å². The Kier molecular flexibility index (Phi) is 6.70. The summed E-state index contributed by atoms with van der Waals surface area (Å²) in [5.41, 5.74) is 6.33. The molecule has 0 saturated carbocycles. The first-order chi connectivity index (χ1) is 13.2. The van der Waals surface area contributed by atoms with Gasteiger partial charge in [-0.1, -0.05) is 41.6 Å². The quantitative estimate of drug-likeness (QED) is 0.656. The van der Waals surface area contributed by atoms with E-state index in [1.807, 2.05) is 16.9 Å². The minimum Gasteiger partial charge on any atom is -0.369 e. The summed E-state index contributed by atoms with van der Waals surface area (Å²) in [6, 6.07) is 17.2. The maximum absolute atomic E-state index is 4.29. The van der Waals surface area contributed by atoms with Crippen molar-refractivity contribution in [2.24, 2.45) is 0 Å². The Balaban J connectivity index is 0.00000225. The number of hydrogen-bond donors (Lipinski definition) is 0. The summed E-state index contributed by atoms with van der Waals surface area (Å²) >= 11 is 0. The molecular formula is C22H28ClN5. The Bertz CT molecular complexity index is 885. The van der Waals surface area contributed by atoms with Crippen molar-refractivity contribution in [2.75, 3.05) is 37.6 Å². The maximum Gasteiger partial charge on any atom is 0.0886 e. The van der Waals surface area contributed by atoms with E-state index in [9.17, 15) is 0 Å². The van der Waals surface area contributed by atoms with Crippen molar-refractivity contribution >= 4 is 18.1 Å². The highest BCUT2D eigenvalue weighted by atomic mass is 35.5. The van der Waals surface area contributed by atoms with Crippen LogP contribution in [-0.4, -0.2) is 52.6 Å². The number of hydrogen-bond acceptors (Lipinski definition) is 4. The van der Waals surface area contributed by atoms with Crippen LogP contribution in [-0.2, 0) is 6.54 Å². The third-order valence-corrected chi connectivity index (χ3v) is 5.54. The molecule has 148 valence electrons. The molecule has 0 atom stereocenters. The zero-order chi connectivity index (χ0) is 18.6. The number of rotatable bonds is 5. The molecule has 6 heteroatoms. The molecule has 2 heterocycles. The van der Waals surface area contributed by atoms with Gasteiger partial charge in [-0.2, -0.15) is 0 Å². The normalized spacial score (nSPS) is 14.7. The first-order valence-corrected chi connectivity index (χ1v) is 9.69. The van der Waals surface area contributed by atoms with Gasteiger partial charge in [-0.3, -0.25) is 4.90 Å². The molecule has 0 N–H and O–H groups in total. The predicted octanol–water partition coefficient (Wildman–Crippen LogP) is 3.81. The van der Waals surface area contributed by atoms with Crippen molar-refractivity contribution in [2.45, 2.75) is 20.4 Å². The molecule has 1 aliphatic rings. The fraction of sp³-hybridized carbons (Fsp3) is 0.364. The molecule has 5 nitrogen and oxygen atoms in total. The number of benzene rings is 2. The minimum absolute atomic E-state index is 0. The van der Waals surface area contributed by atoms with Crippen molar-refractivity contribution in [3.8, 4) is 11.3 Å². The van der Waals surface area contributed by atoms with Gasteiger partial charge in [0, 0.05) is 44.0 Å². The fourth-order valence-electron chi connectivity index (χ4n) is 3.64. The molecule has 1 saturated heterocycles. The van der Waals surface area contributed by atoms with E-state index in [0.717, 1.165) is 45.0 Å². The highest BCUT2D eigenvalue weighted by molar-refractivity contribution is 5.85. The van der Waals surface area contributed by atoms with E-state index in [-0.39, 0.29) is 12.4 Å². The van der Waals surface area contributed by atoms with Crippen LogP contribution in [0.5, 0.6) is 0 Å². The Hall–Kier alpha value is -2.37. The van der Waals surface area contributed by atoms with Crippen LogP contribution in [0.3, 0.4) is 0 Å². The van der Waals surface area contributed by atoms with E-state index < -0.39 is 0 Å². The third kappa shape index (κ3) is 4.54. The number of anilines is 1. The largest absolute Gasteiger partial charge is 0.369 e. The Labute approximate surface area is 173 Å². The first-order valence-electron chi connectivity index (χ1n) is 9.69. The number of nitrogens with zero attached hydrogens (tertiary/aromatic N) is 5. The van der Waals surface area contributed by atoms with Crippen LogP contribution in [0.4, 0.5) is 5.69 Å². The van der Waals surface area contributed by atoms with Crippen LogP contribution in [0.25, 0.3) is 11.3 Å². The van der Waals surface area contributed by atoms with E-state index >= 15 is 0 Å². The van der Waals surface area contributed by atoms with E-state index in [2.05, 4.69) is 76.4 Å². The van der Waals surface area contributed by atoms with Crippen LogP contribution in [0.2, 0.25) is 0 Å². The number of aryl methyl sites for hydroxylation is 2. The van der Waals surface area contributed by atoms with Gasteiger partial charge < -0.3 is 4.90 Å². The Morgan fingerprint density at radius 1 is 0.857 bits per heavy atom. The average Bonchev–Trinajstić information content (AvgIpc) is 3.18. The van der Waals surface area contributed by atoms with Crippen LogP contribution in [0.1, 0.15) is 11.1 Å². The second-order valence-corrected chi connectivity index (χ2v) is 7.31. The van der Waals surface area contributed by atoms with Gasteiger partial charge in [0.15, 0.2) is 0 Å². The van der Waals surface area contributed by atoms with E-state index in [1.165, 1.54) is 22.4 Å². The summed E-state index contributed by atoms with van der Waals surface area (Å²) < 4.78 is 2.02. The molecule has 28 heavy (non-hydrogen) atoms. The van der Waals surface area contributed by atoms with Crippen molar-refractivity contribution in [1.29, 1.82) is 0 Å². The van der Waals surface area contributed by atoms with Gasteiger partial charge in [-0.05, 0) is 37.1 Å². The molecular weight excluding hydrogens is 370 g/mol. The molecule has 3 aromatic rings. The zero-order valence-corrected chi connectivity index (χ0v) is 17.4. The number of halogens is 1. The van der Waals surface area contributed by atoms with Crippen LogP contribution in [0, 0.1) is 13.8 Å². The lowest BCUT2D eigenvalue weighted by molar-refractivity contribution is 0.244. The second-order valence-electron chi connectivity index (χ2n) is 7.31. The van der Waals surface area contributed by atoms with Crippen molar-refractivity contribution in [3.63, 3.8) is 0 Å². The summed E-state index contributed by atoms with van der Waals surface area (Å²) in [4.78, 5) is 5.02. The highest BCUT2D eigenvalue weighted by Crippen LogP contribution is 2.21. The topological polar surface area (TPSA) is 37.2 Å². The fourth-order valence-corrected chi connectivity index (χ4v) is 3.64. The molecule has 0 aliphatic carbocycles. The monoisotopic (exact) mass is 397 g/mol. The van der Waals surface area contributed by atoms with Gasteiger partial charge in [-0.25, -0.2) is 4.68 Å². The molecule has 1 aliphatic heterocycles. The molecule has 1 aromatic heterocycles. The standard InChI is InChI=1S/C22H27N5.ClH/c1-18-8-9-21(16-19(18)2)26-13-10-25(11-14-26)12-15-27-22(17-23-24-27)20-6-4-3-5-7-20;/h3-9,16-17H,10-15H2,1-2H3;1H. The van der Waals surface area contributed by atoms with Crippen molar-refractivity contribution in [3.05, 3.63) is 65.9 Å². The van der Waals surface area contributed by atoms with Crippen molar-refractivity contribution in [1.82, 2.24) is 19.9 Å². The van der Waals surface area contributed by atoms with Gasteiger partial charge in [0.25, 0.3) is 0 Å². The highest BCUT2D eigenvalue weighted by Gasteiger charge is 2.18. The van der Waals surface area contributed by atoms with E-state index in [4.69, 9.17) is 0 Å². The average molecular weight is 398 g/mol. The van der Waals surface area contributed by atoms with Gasteiger partial charge in [-0.15, -0.1) is 17.5 Å². The van der Waals surface area contributed by atoms with Gasteiger partial charge in [0.1, 0.15) is 0 Å². The second kappa shape index (κ2) is 9.22. The lowest BCUT2D eigenvalue weighted by atomic mass is 10.1. The Morgan fingerprint density at radius 3 is 2.32 bits per heavy atom. The molecule has 0 amide bonds. The molecule has 4 rings (SSSR count). The number of aromatic nitrogens is 3.